The van der Waals surface area contributed by atoms with Gasteiger partial charge in [-0.05, 0) is 23.8 Å². The van der Waals surface area contributed by atoms with Gasteiger partial charge >= 0.3 is 0 Å². The van der Waals surface area contributed by atoms with Crippen LogP contribution in [0.5, 0.6) is 0 Å². The molecule has 0 saturated heterocycles. The number of benzene rings is 1. The van der Waals surface area contributed by atoms with Gasteiger partial charge in [-0.3, -0.25) is 4.72 Å². The molecule has 0 aliphatic heterocycles. The average Bonchev–Trinajstić information content (AvgIpc) is 2.86. The van der Waals surface area contributed by atoms with Crippen molar-refractivity contribution in [3.8, 4) is 0 Å². The van der Waals surface area contributed by atoms with Crippen molar-refractivity contribution in [2.45, 2.75) is 19.8 Å². The molecule has 5 nitrogen and oxygen atoms in total. The van der Waals surface area contributed by atoms with Crippen molar-refractivity contribution in [2.24, 2.45) is 0 Å². The van der Waals surface area contributed by atoms with E-state index in [0.717, 1.165) is 11.0 Å². The molecule has 0 bridgehead atoms. The summed E-state index contributed by atoms with van der Waals surface area (Å²) in [6, 6.07) is 8.39. The van der Waals surface area contributed by atoms with Gasteiger partial charge in [0.1, 0.15) is 5.76 Å². The van der Waals surface area contributed by atoms with Gasteiger partial charge in [-0.25, -0.2) is 8.42 Å². The van der Waals surface area contributed by atoms with E-state index < -0.39 is 10.0 Å². The maximum Gasteiger partial charge on any atom is 0.256 e. The summed E-state index contributed by atoms with van der Waals surface area (Å²) in [6.07, 6.45) is 1.47. The number of sulfonamides is 1. The second kappa shape index (κ2) is 6.32. The SMILES string of the molecule is CC(C)c1cc(NS(=O)(=O)/C=C/c2ccc(Cl)cc2)no1. The van der Waals surface area contributed by atoms with Crippen molar-refractivity contribution >= 4 is 33.5 Å². The molecule has 21 heavy (non-hydrogen) atoms. The van der Waals surface area contributed by atoms with Crippen LogP contribution in [0.25, 0.3) is 6.08 Å². The van der Waals surface area contributed by atoms with Crippen LogP contribution in [0.2, 0.25) is 5.02 Å². The molecule has 1 N–H and O–H groups in total. The predicted octanol–water partition coefficient (Wildman–Crippen LogP) is 3.86. The van der Waals surface area contributed by atoms with Crippen LogP contribution in [0.1, 0.15) is 31.1 Å². The summed E-state index contributed by atoms with van der Waals surface area (Å²) >= 11 is 5.76. The number of hydrogen-bond donors (Lipinski definition) is 1. The van der Waals surface area contributed by atoms with Gasteiger partial charge in [0.2, 0.25) is 0 Å². The summed E-state index contributed by atoms with van der Waals surface area (Å²) < 4.78 is 31.2. The number of nitrogens with one attached hydrogen (secondary N) is 1. The standard InChI is InChI=1S/C14H15ClN2O3S/c1-10(2)13-9-14(16-20-13)17-21(18,19)8-7-11-3-5-12(15)6-4-11/h3-10H,1-2H3,(H,16,17)/b8-7+. The second-order valence-corrected chi connectivity index (χ2v) is 6.77. The van der Waals surface area contributed by atoms with Crippen LogP contribution in [0.15, 0.2) is 40.3 Å². The third-order valence-electron chi connectivity index (χ3n) is 2.65. The second-order valence-electron chi connectivity index (χ2n) is 4.77. The molecule has 112 valence electrons. The van der Waals surface area contributed by atoms with Crippen LogP contribution in [-0.4, -0.2) is 13.6 Å². The Labute approximate surface area is 128 Å². The smallest absolute Gasteiger partial charge is 0.256 e. The Morgan fingerprint density at radius 2 is 1.95 bits per heavy atom. The van der Waals surface area contributed by atoms with E-state index in [1.807, 2.05) is 13.8 Å². The molecular formula is C14H15ClN2O3S. The van der Waals surface area contributed by atoms with Crippen LogP contribution in [0.4, 0.5) is 5.82 Å². The van der Waals surface area contributed by atoms with Crippen molar-refractivity contribution < 1.29 is 12.9 Å². The van der Waals surface area contributed by atoms with E-state index in [4.69, 9.17) is 16.1 Å². The van der Waals surface area contributed by atoms with Gasteiger partial charge in [0.05, 0.1) is 5.41 Å². The Morgan fingerprint density at radius 3 is 2.52 bits per heavy atom. The van der Waals surface area contributed by atoms with Crippen molar-refractivity contribution in [2.75, 3.05) is 4.72 Å². The molecule has 0 aliphatic carbocycles. The summed E-state index contributed by atoms with van der Waals surface area (Å²) in [4.78, 5) is 0. The van der Waals surface area contributed by atoms with Crippen molar-refractivity contribution in [3.05, 3.63) is 52.1 Å². The van der Waals surface area contributed by atoms with Crippen LogP contribution in [0, 0.1) is 0 Å². The Balaban J connectivity index is 2.09. The third-order valence-corrected chi connectivity index (χ3v) is 3.89. The van der Waals surface area contributed by atoms with Gasteiger partial charge in [-0.1, -0.05) is 42.7 Å². The first-order chi connectivity index (χ1) is 9.85. The fourth-order valence-electron chi connectivity index (χ4n) is 1.53. The summed E-state index contributed by atoms with van der Waals surface area (Å²) in [5.74, 6) is 0.925. The predicted molar refractivity (Wildman–Crippen MR) is 83.6 cm³/mol. The van der Waals surface area contributed by atoms with E-state index >= 15 is 0 Å². The molecule has 0 atom stereocenters. The Hall–Kier alpha value is -1.79. The quantitative estimate of drug-likeness (QED) is 0.905. The van der Waals surface area contributed by atoms with Gasteiger partial charge in [-0.15, -0.1) is 0 Å². The van der Waals surface area contributed by atoms with E-state index in [-0.39, 0.29) is 11.7 Å². The highest BCUT2D eigenvalue weighted by Crippen LogP contribution is 2.19. The number of rotatable bonds is 5. The zero-order chi connectivity index (χ0) is 15.5. The number of anilines is 1. The Morgan fingerprint density at radius 1 is 1.29 bits per heavy atom. The van der Waals surface area contributed by atoms with E-state index in [0.29, 0.717) is 10.8 Å². The fourth-order valence-corrected chi connectivity index (χ4v) is 2.45. The first-order valence-corrected chi connectivity index (χ1v) is 8.21. The lowest BCUT2D eigenvalue weighted by Crippen LogP contribution is -2.08. The molecule has 0 unspecified atom stereocenters. The zero-order valence-electron chi connectivity index (χ0n) is 11.6. The highest BCUT2D eigenvalue weighted by molar-refractivity contribution is 7.95. The molecule has 1 aromatic carbocycles. The molecule has 1 heterocycles. The number of aromatic nitrogens is 1. The number of hydrogen-bond acceptors (Lipinski definition) is 4. The molecule has 2 aromatic rings. The topological polar surface area (TPSA) is 72.2 Å². The van der Waals surface area contributed by atoms with Crippen molar-refractivity contribution in [1.82, 2.24) is 5.16 Å². The summed E-state index contributed by atoms with van der Waals surface area (Å²) in [6.45, 7) is 3.86. The Bertz CT molecular complexity index is 734. The first kappa shape index (κ1) is 15.6. The van der Waals surface area contributed by atoms with Crippen LogP contribution in [0.3, 0.4) is 0 Å². The summed E-state index contributed by atoms with van der Waals surface area (Å²) in [5, 5.41) is 5.34. The largest absolute Gasteiger partial charge is 0.359 e. The van der Waals surface area contributed by atoms with E-state index in [2.05, 4.69) is 9.88 Å². The normalized spacial score (nSPS) is 12.2. The van der Waals surface area contributed by atoms with E-state index in [1.165, 1.54) is 6.08 Å². The molecule has 0 saturated carbocycles. The van der Waals surface area contributed by atoms with E-state index in [1.54, 1.807) is 30.3 Å². The van der Waals surface area contributed by atoms with Crippen LogP contribution < -0.4 is 4.72 Å². The van der Waals surface area contributed by atoms with Gasteiger partial charge in [0, 0.05) is 17.0 Å². The maximum atomic E-state index is 11.9. The van der Waals surface area contributed by atoms with E-state index in [9.17, 15) is 8.42 Å². The molecule has 0 spiro atoms. The molecule has 7 heteroatoms. The van der Waals surface area contributed by atoms with Crippen LogP contribution in [-0.2, 0) is 10.0 Å². The maximum absolute atomic E-state index is 11.9. The van der Waals surface area contributed by atoms with Gasteiger partial charge in [0.25, 0.3) is 10.0 Å². The molecule has 0 amide bonds. The first-order valence-electron chi connectivity index (χ1n) is 6.29. The minimum Gasteiger partial charge on any atom is -0.359 e. The van der Waals surface area contributed by atoms with Gasteiger partial charge in [-0.2, -0.15) is 0 Å². The third kappa shape index (κ3) is 4.61. The summed E-state index contributed by atoms with van der Waals surface area (Å²) in [5.41, 5.74) is 0.729. The molecule has 0 aliphatic rings. The molecule has 0 fully saturated rings. The van der Waals surface area contributed by atoms with Crippen molar-refractivity contribution in [3.63, 3.8) is 0 Å². The molecule has 0 radical (unpaired) electrons. The van der Waals surface area contributed by atoms with Gasteiger partial charge in [0.15, 0.2) is 5.82 Å². The van der Waals surface area contributed by atoms with Gasteiger partial charge < -0.3 is 4.52 Å². The number of nitrogens with zero attached hydrogens (tertiary/aromatic N) is 1. The lowest BCUT2D eigenvalue weighted by Gasteiger charge is -1.99. The molecule has 2 rings (SSSR count). The Kier molecular flexibility index (Phi) is 4.69. The highest BCUT2D eigenvalue weighted by Gasteiger charge is 2.12. The van der Waals surface area contributed by atoms with Crippen molar-refractivity contribution in [1.29, 1.82) is 0 Å². The minimum absolute atomic E-state index is 0.139. The van der Waals surface area contributed by atoms with Crippen LogP contribution >= 0.6 is 11.6 Å². The lowest BCUT2D eigenvalue weighted by atomic mass is 10.2. The minimum atomic E-state index is -3.64. The average molecular weight is 327 g/mol. The fraction of sp³-hybridized carbons (Fsp3) is 0.214. The monoisotopic (exact) mass is 326 g/mol. The number of halogens is 1. The highest BCUT2D eigenvalue weighted by atomic mass is 35.5. The molecule has 1 aromatic heterocycles. The lowest BCUT2D eigenvalue weighted by molar-refractivity contribution is 0.373. The summed E-state index contributed by atoms with van der Waals surface area (Å²) in [7, 11) is -3.64. The molecular weight excluding hydrogens is 312 g/mol. The zero-order valence-corrected chi connectivity index (χ0v) is 13.1.